The fraction of sp³-hybridized carbons (Fsp3) is 0.217. The van der Waals surface area contributed by atoms with Crippen LogP contribution in [0.15, 0.2) is 60.8 Å². The molecule has 0 fully saturated rings. The number of nitrogens with zero attached hydrogens (tertiary/aromatic N) is 2. The van der Waals surface area contributed by atoms with Crippen molar-refractivity contribution in [1.82, 2.24) is 15.4 Å². The molecule has 0 bridgehead atoms. The Morgan fingerprint density at radius 3 is 2.30 bits per heavy atom. The van der Waals surface area contributed by atoms with E-state index in [4.69, 9.17) is 0 Å². The summed E-state index contributed by atoms with van der Waals surface area (Å²) >= 11 is 0. The second-order valence-corrected chi connectivity index (χ2v) is 7.67. The number of hydrazine groups is 1. The number of anilines is 1. The predicted octanol–water partition coefficient (Wildman–Crippen LogP) is 3.39. The van der Waals surface area contributed by atoms with E-state index in [2.05, 4.69) is 15.7 Å². The van der Waals surface area contributed by atoms with Crippen molar-refractivity contribution in [2.75, 3.05) is 5.32 Å². The van der Waals surface area contributed by atoms with Crippen molar-refractivity contribution in [3.05, 3.63) is 71.9 Å². The molecule has 1 aliphatic heterocycles. The number of hydrogen-bond acceptors (Lipinski definition) is 5. The largest absolute Gasteiger partial charge is 0.323 e. The van der Waals surface area contributed by atoms with E-state index in [0.717, 1.165) is 10.4 Å². The molecule has 2 heterocycles. The minimum Gasteiger partial charge on any atom is -0.323 e. The smallest absolute Gasteiger partial charge is 0.276 e. The zero-order valence-electron chi connectivity index (χ0n) is 16.8. The number of imide groups is 1. The van der Waals surface area contributed by atoms with E-state index in [1.54, 1.807) is 36.5 Å². The van der Waals surface area contributed by atoms with E-state index in [-0.39, 0.29) is 11.8 Å². The van der Waals surface area contributed by atoms with Gasteiger partial charge in [-0.15, -0.1) is 0 Å². The maximum atomic E-state index is 13.1. The van der Waals surface area contributed by atoms with Crippen molar-refractivity contribution >= 4 is 34.3 Å². The first-order valence-corrected chi connectivity index (χ1v) is 9.84. The molecular weight excluding hydrogens is 380 g/mol. The third-order valence-electron chi connectivity index (χ3n) is 4.99. The van der Waals surface area contributed by atoms with Gasteiger partial charge in [0.25, 0.3) is 11.8 Å². The molecule has 4 rings (SSSR count). The number of pyridine rings is 1. The highest BCUT2D eigenvalue weighted by Gasteiger charge is 2.38. The molecule has 7 nitrogen and oxygen atoms in total. The summed E-state index contributed by atoms with van der Waals surface area (Å²) in [5.74, 6) is -1.08. The lowest BCUT2D eigenvalue weighted by molar-refractivity contribution is -0.119. The molecule has 2 aromatic carbocycles. The number of amides is 3. The van der Waals surface area contributed by atoms with Crippen LogP contribution >= 0.6 is 0 Å². The monoisotopic (exact) mass is 402 g/mol. The first-order valence-electron chi connectivity index (χ1n) is 9.84. The lowest BCUT2D eigenvalue weighted by atomic mass is 10.0. The second-order valence-electron chi connectivity index (χ2n) is 7.67. The van der Waals surface area contributed by atoms with Crippen molar-refractivity contribution in [3.8, 4) is 0 Å². The SMILES string of the molecule is CC(C)C[C@H](NN1C(=O)c2ccccc2C1=O)C(=O)Nc1cccc2cccnc12. The maximum Gasteiger partial charge on any atom is 0.276 e. The van der Waals surface area contributed by atoms with E-state index in [1.165, 1.54) is 0 Å². The molecule has 3 amide bonds. The van der Waals surface area contributed by atoms with Crippen LogP contribution in [0.25, 0.3) is 10.9 Å². The number of aromatic nitrogens is 1. The summed E-state index contributed by atoms with van der Waals surface area (Å²) < 4.78 is 0. The van der Waals surface area contributed by atoms with Gasteiger partial charge < -0.3 is 5.32 Å². The van der Waals surface area contributed by atoms with Gasteiger partial charge in [-0.05, 0) is 36.6 Å². The first kappa shape index (κ1) is 19.7. The Morgan fingerprint density at radius 1 is 0.967 bits per heavy atom. The van der Waals surface area contributed by atoms with Crippen LogP contribution in [0.5, 0.6) is 0 Å². The van der Waals surface area contributed by atoms with E-state index in [9.17, 15) is 14.4 Å². The fourth-order valence-corrected chi connectivity index (χ4v) is 3.58. The highest BCUT2D eigenvalue weighted by Crippen LogP contribution is 2.23. The summed E-state index contributed by atoms with van der Waals surface area (Å²) in [7, 11) is 0. The molecule has 1 aliphatic rings. The summed E-state index contributed by atoms with van der Waals surface area (Å²) in [4.78, 5) is 42.8. The van der Waals surface area contributed by atoms with Crippen LogP contribution in [0, 0.1) is 5.92 Å². The molecule has 0 spiro atoms. The van der Waals surface area contributed by atoms with Gasteiger partial charge in [0, 0.05) is 11.6 Å². The summed E-state index contributed by atoms with van der Waals surface area (Å²) in [5.41, 5.74) is 4.78. The van der Waals surface area contributed by atoms with E-state index in [0.29, 0.717) is 28.8 Å². The Hall–Kier alpha value is -3.58. The number of hydrogen-bond donors (Lipinski definition) is 2. The van der Waals surface area contributed by atoms with Crippen molar-refractivity contribution in [3.63, 3.8) is 0 Å². The molecule has 1 aromatic heterocycles. The molecule has 0 unspecified atom stereocenters. The van der Waals surface area contributed by atoms with Gasteiger partial charge in [0.1, 0.15) is 6.04 Å². The van der Waals surface area contributed by atoms with Crippen molar-refractivity contribution in [2.45, 2.75) is 26.3 Å². The number of benzene rings is 2. The Kier molecular flexibility index (Phi) is 5.29. The third-order valence-corrected chi connectivity index (χ3v) is 4.99. The number of para-hydroxylation sites is 1. The van der Waals surface area contributed by atoms with Gasteiger partial charge >= 0.3 is 0 Å². The molecule has 0 aliphatic carbocycles. The number of carbonyl (C=O) groups excluding carboxylic acids is 3. The third kappa shape index (κ3) is 3.67. The Labute approximate surface area is 174 Å². The lowest BCUT2D eigenvalue weighted by Gasteiger charge is -2.25. The molecular formula is C23H22N4O3. The topological polar surface area (TPSA) is 91.4 Å². The zero-order chi connectivity index (χ0) is 21.3. The molecule has 1 atom stereocenters. The average molecular weight is 402 g/mol. The van der Waals surface area contributed by atoms with Gasteiger partial charge in [-0.2, -0.15) is 0 Å². The second kappa shape index (κ2) is 8.04. The molecule has 3 aromatic rings. The normalized spacial score (nSPS) is 14.3. The van der Waals surface area contributed by atoms with Crippen LogP contribution in [0.1, 0.15) is 41.0 Å². The summed E-state index contributed by atoms with van der Waals surface area (Å²) in [6.45, 7) is 3.95. The average Bonchev–Trinajstić information content (AvgIpc) is 2.98. The standard InChI is InChI=1S/C23H22N4O3/c1-14(2)13-19(26-27-22(29)16-9-3-4-10-17(16)23(27)30)21(28)25-18-11-5-7-15-8-6-12-24-20(15)18/h3-12,14,19,26H,13H2,1-2H3,(H,25,28)/t19-/m0/s1. The van der Waals surface area contributed by atoms with Crippen LogP contribution in [-0.2, 0) is 4.79 Å². The Morgan fingerprint density at radius 2 is 1.63 bits per heavy atom. The van der Waals surface area contributed by atoms with Gasteiger partial charge in [0.2, 0.25) is 5.91 Å². The minimum absolute atomic E-state index is 0.161. The first-order chi connectivity index (χ1) is 14.5. The lowest BCUT2D eigenvalue weighted by Crippen LogP contribution is -2.53. The van der Waals surface area contributed by atoms with Gasteiger partial charge in [-0.1, -0.05) is 44.2 Å². The molecule has 0 radical (unpaired) electrons. The molecule has 2 N–H and O–H groups in total. The van der Waals surface area contributed by atoms with Crippen LogP contribution < -0.4 is 10.7 Å². The van der Waals surface area contributed by atoms with E-state index < -0.39 is 17.9 Å². The Bertz CT molecular complexity index is 1100. The van der Waals surface area contributed by atoms with Gasteiger partial charge in [0.15, 0.2) is 0 Å². The van der Waals surface area contributed by atoms with Gasteiger partial charge in [-0.25, -0.2) is 10.4 Å². The highest BCUT2D eigenvalue weighted by atomic mass is 16.2. The molecule has 30 heavy (non-hydrogen) atoms. The number of carbonyl (C=O) groups is 3. The molecule has 0 saturated carbocycles. The van der Waals surface area contributed by atoms with Crippen molar-refractivity contribution in [2.24, 2.45) is 5.92 Å². The van der Waals surface area contributed by atoms with E-state index in [1.807, 2.05) is 38.1 Å². The van der Waals surface area contributed by atoms with E-state index >= 15 is 0 Å². The molecule has 7 heteroatoms. The predicted molar refractivity (Wildman–Crippen MR) is 114 cm³/mol. The quantitative estimate of drug-likeness (QED) is 0.617. The summed E-state index contributed by atoms with van der Waals surface area (Å²) in [6.07, 6.45) is 2.11. The van der Waals surface area contributed by atoms with Crippen LogP contribution in [0.3, 0.4) is 0 Å². The fourth-order valence-electron chi connectivity index (χ4n) is 3.58. The van der Waals surface area contributed by atoms with Crippen LogP contribution in [0.2, 0.25) is 0 Å². The molecule has 0 saturated heterocycles. The number of rotatable bonds is 6. The number of fused-ring (bicyclic) bond motifs is 2. The van der Waals surface area contributed by atoms with Crippen molar-refractivity contribution in [1.29, 1.82) is 0 Å². The summed E-state index contributed by atoms with van der Waals surface area (Å²) in [6, 6.07) is 15.1. The van der Waals surface area contributed by atoms with Gasteiger partial charge in [0.05, 0.1) is 22.3 Å². The van der Waals surface area contributed by atoms with Crippen molar-refractivity contribution < 1.29 is 14.4 Å². The highest BCUT2D eigenvalue weighted by molar-refractivity contribution is 6.21. The van der Waals surface area contributed by atoms with Crippen LogP contribution in [0.4, 0.5) is 5.69 Å². The zero-order valence-corrected chi connectivity index (χ0v) is 16.8. The Balaban J connectivity index is 1.58. The maximum absolute atomic E-state index is 13.1. The van der Waals surface area contributed by atoms with Crippen LogP contribution in [-0.4, -0.2) is 33.8 Å². The summed E-state index contributed by atoms with van der Waals surface area (Å²) in [5, 5.41) is 4.75. The number of nitrogens with one attached hydrogen (secondary N) is 2. The van der Waals surface area contributed by atoms with Gasteiger partial charge in [-0.3, -0.25) is 19.4 Å². The molecule has 152 valence electrons. The minimum atomic E-state index is -0.772.